The molecule has 2 nitrogen and oxygen atoms in total. The highest BCUT2D eigenvalue weighted by Gasteiger charge is 2.25. The van der Waals surface area contributed by atoms with Gasteiger partial charge in [0.25, 0.3) is 0 Å². The molecule has 0 aliphatic heterocycles. The summed E-state index contributed by atoms with van der Waals surface area (Å²) in [6.07, 6.45) is -1.50. The van der Waals surface area contributed by atoms with Crippen LogP contribution in [0.4, 0.5) is 13.2 Å². The van der Waals surface area contributed by atoms with E-state index in [-0.39, 0.29) is 6.42 Å². The molecule has 0 unspecified atom stereocenters. The molecule has 0 amide bonds. The van der Waals surface area contributed by atoms with Crippen molar-refractivity contribution in [3.63, 3.8) is 0 Å². The fourth-order valence-corrected chi connectivity index (χ4v) is 0.874. The first-order valence-electron chi connectivity index (χ1n) is 3.62. The first kappa shape index (κ1) is 9.09. The van der Waals surface area contributed by atoms with E-state index in [0.717, 1.165) is 0 Å². The molecule has 12 heavy (non-hydrogen) atoms. The minimum absolute atomic E-state index is 0.0885. The lowest BCUT2D eigenvalue weighted by Gasteiger charge is -2.05. The molecule has 0 radical (unpaired) electrons. The summed E-state index contributed by atoms with van der Waals surface area (Å²) < 4.78 is 36.5. The van der Waals surface area contributed by atoms with Gasteiger partial charge in [-0.2, -0.15) is 18.3 Å². The third kappa shape index (κ3) is 3.41. The Hall–Kier alpha value is -1.00. The third-order valence-corrected chi connectivity index (χ3v) is 1.41. The van der Waals surface area contributed by atoms with Crippen LogP contribution in [0, 0.1) is 0 Å². The van der Waals surface area contributed by atoms with E-state index in [0.29, 0.717) is 6.54 Å². The molecular formula is C7H9F3N2. The second-order valence-electron chi connectivity index (χ2n) is 2.49. The van der Waals surface area contributed by atoms with Crippen LogP contribution in [0.25, 0.3) is 0 Å². The Labute approximate surface area is 68.0 Å². The molecule has 0 saturated heterocycles. The average molecular weight is 178 g/mol. The first-order chi connectivity index (χ1) is 5.58. The van der Waals surface area contributed by atoms with Crippen LogP contribution in [0.15, 0.2) is 18.5 Å². The van der Waals surface area contributed by atoms with Gasteiger partial charge in [0.05, 0.1) is 0 Å². The van der Waals surface area contributed by atoms with E-state index in [1.807, 2.05) is 0 Å². The number of hydrogen-bond donors (Lipinski definition) is 0. The minimum Gasteiger partial charge on any atom is -0.273 e. The maximum atomic E-state index is 11.7. The highest BCUT2D eigenvalue weighted by Crippen LogP contribution is 2.21. The van der Waals surface area contributed by atoms with Crippen LogP contribution < -0.4 is 0 Å². The zero-order valence-electron chi connectivity index (χ0n) is 6.38. The van der Waals surface area contributed by atoms with Gasteiger partial charge >= 0.3 is 6.18 Å². The van der Waals surface area contributed by atoms with Gasteiger partial charge in [-0.25, -0.2) is 0 Å². The fourth-order valence-electron chi connectivity index (χ4n) is 0.874. The quantitative estimate of drug-likeness (QED) is 0.693. The van der Waals surface area contributed by atoms with E-state index >= 15 is 0 Å². The number of hydrogen-bond acceptors (Lipinski definition) is 1. The van der Waals surface area contributed by atoms with E-state index in [1.54, 1.807) is 18.5 Å². The maximum Gasteiger partial charge on any atom is 0.389 e. The van der Waals surface area contributed by atoms with Crippen LogP contribution in [0.3, 0.4) is 0 Å². The Kier molecular flexibility index (Phi) is 2.73. The molecule has 0 bridgehead atoms. The van der Waals surface area contributed by atoms with Crippen molar-refractivity contribution in [1.29, 1.82) is 0 Å². The number of aryl methyl sites for hydroxylation is 1. The smallest absolute Gasteiger partial charge is 0.273 e. The number of alkyl halides is 3. The summed E-state index contributed by atoms with van der Waals surface area (Å²) in [5.41, 5.74) is 0. The normalized spacial score (nSPS) is 11.9. The summed E-state index contributed by atoms with van der Waals surface area (Å²) in [7, 11) is 0. The average Bonchev–Trinajstić information content (AvgIpc) is 2.36. The SMILES string of the molecule is FC(F)(F)CCCn1cccn1. The molecule has 0 fully saturated rings. The molecule has 1 heterocycles. The highest BCUT2D eigenvalue weighted by atomic mass is 19.4. The summed E-state index contributed by atoms with van der Waals surface area (Å²) in [5, 5.41) is 3.79. The molecule has 5 heteroatoms. The summed E-state index contributed by atoms with van der Waals surface area (Å²) in [4.78, 5) is 0. The van der Waals surface area contributed by atoms with E-state index < -0.39 is 12.6 Å². The van der Waals surface area contributed by atoms with Crippen molar-refractivity contribution in [2.75, 3.05) is 0 Å². The van der Waals surface area contributed by atoms with Gasteiger partial charge in [0.15, 0.2) is 0 Å². The van der Waals surface area contributed by atoms with Crippen molar-refractivity contribution in [2.45, 2.75) is 25.6 Å². The van der Waals surface area contributed by atoms with Crippen molar-refractivity contribution < 1.29 is 13.2 Å². The number of rotatable bonds is 3. The lowest BCUT2D eigenvalue weighted by molar-refractivity contribution is -0.136. The predicted molar refractivity (Wildman–Crippen MR) is 37.5 cm³/mol. The Morgan fingerprint density at radius 1 is 1.33 bits per heavy atom. The summed E-state index contributed by atoms with van der Waals surface area (Å²) in [6, 6.07) is 1.69. The van der Waals surface area contributed by atoms with E-state index in [4.69, 9.17) is 0 Å². The van der Waals surface area contributed by atoms with Crippen molar-refractivity contribution >= 4 is 0 Å². The monoisotopic (exact) mass is 178 g/mol. The van der Waals surface area contributed by atoms with Gasteiger partial charge in [-0.05, 0) is 12.5 Å². The van der Waals surface area contributed by atoms with Gasteiger partial charge in [0, 0.05) is 25.4 Å². The second-order valence-corrected chi connectivity index (χ2v) is 2.49. The van der Waals surface area contributed by atoms with Crippen molar-refractivity contribution in [3.05, 3.63) is 18.5 Å². The van der Waals surface area contributed by atoms with E-state index in [2.05, 4.69) is 5.10 Å². The number of nitrogens with zero attached hydrogens (tertiary/aromatic N) is 2. The zero-order chi connectivity index (χ0) is 9.03. The summed E-state index contributed by atoms with van der Waals surface area (Å²) in [5.74, 6) is 0. The predicted octanol–water partition coefficient (Wildman–Crippen LogP) is 2.23. The molecule has 0 aliphatic rings. The summed E-state index contributed by atoms with van der Waals surface area (Å²) >= 11 is 0. The standard InChI is InChI=1S/C7H9F3N2/c8-7(9,10)3-1-5-12-6-2-4-11-12/h2,4,6H,1,3,5H2. The molecule has 0 atom stereocenters. The Morgan fingerprint density at radius 2 is 2.08 bits per heavy atom. The van der Waals surface area contributed by atoms with Crippen molar-refractivity contribution in [3.8, 4) is 0 Å². The lowest BCUT2D eigenvalue weighted by Crippen LogP contribution is -2.09. The highest BCUT2D eigenvalue weighted by molar-refractivity contribution is 4.77. The third-order valence-electron chi connectivity index (χ3n) is 1.41. The van der Waals surface area contributed by atoms with Crippen LogP contribution in [-0.2, 0) is 6.54 Å². The molecule has 0 aromatic carbocycles. The minimum atomic E-state index is -4.05. The molecule has 0 saturated carbocycles. The Bertz CT molecular complexity index is 215. The van der Waals surface area contributed by atoms with Gasteiger partial charge < -0.3 is 0 Å². The van der Waals surface area contributed by atoms with Crippen molar-refractivity contribution in [1.82, 2.24) is 9.78 Å². The van der Waals surface area contributed by atoms with Crippen LogP contribution >= 0.6 is 0 Å². The fraction of sp³-hybridized carbons (Fsp3) is 0.571. The maximum absolute atomic E-state index is 11.7. The van der Waals surface area contributed by atoms with E-state index in [9.17, 15) is 13.2 Å². The van der Waals surface area contributed by atoms with Crippen LogP contribution in [0.1, 0.15) is 12.8 Å². The molecule has 0 aliphatic carbocycles. The first-order valence-corrected chi connectivity index (χ1v) is 3.62. The van der Waals surface area contributed by atoms with Gasteiger partial charge in [0.1, 0.15) is 0 Å². The number of halogens is 3. The van der Waals surface area contributed by atoms with Crippen molar-refractivity contribution in [2.24, 2.45) is 0 Å². The van der Waals surface area contributed by atoms with Crippen LogP contribution in [-0.4, -0.2) is 16.0 Å². The molecule has 0 N–H and O–H groups in total. The lowest BCUT2D eigenvalue weighted by atomic mass is 10.3. The van der Waals surface area contributed by atoms with E-state index in [1.165, 1.54) is 4.68 Å². The molecule has 0 spiro atoms. The molecule has 1 rings (SSSR count). The van der Waals surface area contributed by atoms with Crippen LogP contribution in [0.2, 0.25) is 0 Å². The van der Waals surface area contributed by atoms with Gasteiger partial charge in [0.2, 0.25) is 0 Å². The Balaban J connectivity index is 2.20. The topological polar surface area (TPSA) is 17.8 Å². The summed E-state index contributed by atoms with van der Waals surface area (Å²) in [6.45, 7) is 0.326. The molecular weight excluding hydrogens is 169 g/mol. The zero-order valence-corrected chi connectivity index (χ0v) is 6.38. The van der Waals surface area contributed by atoms with Crippen LogP contribution in [0.5, 0.6) is 0 Å². The largest absolute Gasteiger partial charge is 0.389 e. The molecule has 1 aromatic rings. The van der Waals surface area contributed by atoms with Gasteiger partial charge in [-0.3, -0.25) is 4.68 Å². The second kappa shape index (κ2) is 3.60. The molecule has 1 aromatic heterocycles. The molecule has 68 valence electrons. The van der Waals surface area contributed by atoms with Gasteiger partial charge in [-0.15, -0.1) is 0 Å². The van der Waals surface area contributed by atoms with Gasteiger partial charge in [-0.1, -0.05) is 0 Å². The number of aromatic nitrogens is 2. The Morgan fingerprint density at radius 3 is 2.58 bits per heavy atom.